The molecule has 5 heteroatoms. The molecule has 2 heterocycles. The minimum absolute atomic E-state index is 0.195. The number of benzene rings is 1. The zero-order chi connectivity index (χ0) is 18.0. The molecule has 25 heavy (non-hydrogen) atoms. The van der Waals surface area contributed by atoms with E-state index < -0.39 is 0 Å². The van der Waals surface area contributed by atoms with Gasteiger partial charge in [-0.15, -0.1) is 11.3 Å². The minimum Gasteiger partial charge on any atom is -0.334 e. The van der Waals surface area contributed by atoms with Crippen molar-refractivity contribution in [1.82, 2.24) is 14.8 Å². The van der Waals surface area contributed by atoms with Crippen LogP contribution in [0.1, 0.15) is 44.0 Å². The number of aryl methyl sites for hydroxylation is 3. The van der Waals surface area contributed by atoms with E-state index in [2.05, 4.69) is 49.8 Å². The Balaban J connectivity index is 1.45. The summed E-state index contributed by atoms with van der Waals surface area (Å²) in [5.41, 5.74) is 7.63. The monoisotopic (exact) mass is 357 g/mol. The fraction of sp³-hybridized carbons (Fsp3) is 0.500. The molecule has 0 spiro atoms. The number of rotatable bonds is 7. The van der Waals surface area contributed by atoms with Crippen LogP contribution in [0.5, 0.6) is 0 Å². The highest BCUT2D eigenvalue weighted by molar-refractivity contribution is 7.09. The standard InChI is InChI=1S/C20H27N3OS/c1-14-10-17-12-23(20(24)18(17)11-15(14)2)8-5-7-22(4)9-6-19-16(3)21-13-25-19/h10-11,13H,5-9,12H2,1-4H3. The van der Waals surface area contributed by atoms with E-state index in [4.69, 9.17) is 0 Å². The molecule has 2 aromatic rings. The normalized spacial score (nSPS) is 13.8. The highest BCUT2D eigenvalue weighted by atomic mass is 32.1. The van der Waals surface area contributed by atoms with Crippen molar-refractivity contribution >= 4 is 17.2 Å². The van der Waals surface area contributed by atoms with Crippen LogP contribution < -0.4 is 0 Å². The van der Waals surface area contributed by atoms with E-state index in [0.29, 0.717) is 0 Å². The van der Waals surface area contributed by atoms with Crippen molar-refractivity contribution in [2.75, 3.05) is 26.7 Å². The van der Waals surface area contributed by atoms with Crippen molar-refractivity contribution in [2.45, 2.75) is 40.2 Å². The molecule has 1 aliphatic heterocycles. The van der Waals surface area contributed by atoms with Crippen LogP contribution >= 0.6 is 11.3 Å². The van der Waals surface area contributed by atoms with Gasteiger partial charge in [0.2, 0.25) is 0 Å². The molecule has 0 fully saturated rings. The van der Waals surface area contributed by atoms with E-state index in [0.717, 1.165) is 50.3 Å². The van der Waals surface area contributed by atoms with Crippen LogP contribution in [0.25, 0.3) is 0 Å². The summed E-state index contributed by atoms with van der Waals surface area (Å²) in [4.78, 5) is 22.6. The number of hydrogen-bond acceptors (Lipinski definition) is 4. The molecule has 134 valence electrons. The number of nitrogens with zero attached hydrogens (tertiary/aromatic N) is 3. The van der Waals surface area contributed by atoms with Gasteiger partial charge in [-0.1, -0.05) is 6.07 Å². The summed E-state index contributed by atoms with van der Waals surface area (Å²) in [6.45, 7) is 9.90. The molecule has 4 nitrogen and oxygen atoms in total. The van der Waals surface area contributed by atoms with Crippen LogP contribution in [-0.2, 0) is 13.0 Å². The maximum atomic E-state index is 12.6. The Labute approximate surface area is 154 Å². The fourth-order valence-electron chi connectivity index (χ4n) is 3.34. The van der Waals surface area contributed by atoms with Crippen LogP contribution in [0, 0.1) is 20.8 Å². The third-order valence-electron chi connectivity index (χ3n) is 5.13. The average molecular weight is 358 g/mol. The predicted molar refractivity (Wildman–Crippen MR) is 103 cm³/mol. The minimum atomic E-state index is 0.195. The first-order chi connectivity index (χ1) is 12.0. The van der Waals surface area contributed by atoms with Gasteiger partial charge in [-0.3, -0.25) is 4.79 Å². The largest absolute Gasteiger partial charge is 0.334 e. The van der Waals surface area contributed by atoms with Crippen molar-refractivity contribution < 1.29 is 4.79 Å². The van der Waals surface area contributed by atoms with Gasteiger partial charge in [0.05, 0.1) is 11.2 Å². The predicted octanol–water partition coefficient (Wildman–Crippen LogP) is 3.59. The molecule has 0 atom stereocenters. The maximum absolute atomic E-state index is 12.6. The molecule has 1 aromatic heterocycles. The zero-order valence-electron chi connectivity index (χ0n) is 15.6. The lowest BCUT2D eigenvalue weighted by Gasteiger charge is -2.19. The average Bonchev–Trinajstić information content (AvgIpc) is 3.11. The summed E-state index contributed by atoms with van der Waals surface area (Å²) in [5.74, 6) is 0.195. The Bertz CT molecular complexity index is 768. The van der Waals surface area contributed by atoms with Gasteiger partial charge in [-0.2, -0.15) is 0 Å². The van der Waals surface area contributed by atoms with Crippen LogP contribution in [0.15, 0.2) is 17.6 Å². The van der Waals surface area contributed by atoms with Crippen LogP contribution in [-0.4, -0.2) is 47.4 Å². The van der Waals surface area contributed by atoms with Gasteiger partial charge in [0, 0.05) is 30.1 Å². The molecule has 0 N–H and O–H groups in total. The van der Waals surface area contributed by atoms with Crippen molar-refractivity contribution in [3.8, 4) is 0 Å². The Morgan fingerprint density at radius 3 is 2.68 bits per heavy atom. The maximum Gasteiger partial charge on any atom is 0.254 e. The van der Waals surface area contributed by atoms with E-state index >= 15 is 0 Å². The number of hydrogen-bond donors (Lipinski definition) is 0. The molecular formula is C20H27N3OS. The van der Waals surface area contributed by atoms with Crippen molar-refractivity contribution in [2.24, 2.45) is 0 Å². The highest BCUT2D eigenvalue weighted by Gasteiger charge is 2.27. The van der Waals surface area contributed by atoms with Gasteiger partial charge < -0.3 is 9.80 Å². The Hall–Kier alpha value is -1.72. The van der Waals surface area contributed by atoms with Gasteiger partial charge in [-0.05, 0) is 70.0 Å². The first-order valence-corrected chi connectivity index (χ1v) is 9.80. The van der Waals surface area contributed by atoms with Crippen molar-refractivity contribution in [3.05, 3.63) is 50.5 Å². The Kier molecular flexibility index (Phi) is 5.54. The number of carbonyl (C=O) groups excluding carboxylic acids is 1. The molecule has 0 saturated heterocycles. The summed E-state index contributed by atoms with van der Waals surface area (Å²) in [6.07, 6.45) is 2.06. The number of likely N-dealkylation sites (N-methyl/N-ethyl adjacent to an activating group) is 1. The molecule has 1 amide bonds. The first-order valence-electron chi connectivity index (χ1n) is 8.92. The highest BCUT2D eigenvalue weighted by Crippen LogP contribution is 2.26. The summed E-state index contributed by atoms with van der Waals surface area (Å²) in [7, 11) is 2.16. The number of fused-ring (bicyclic) bond motifs is 1. The summed E-state index contributed by atoms with van der Waals surface area (Å²) in [6, 6.07) is 4.22. The van der Waals surface area contributed by atoms with E-state index in [1.165, 1.54) is 21.6 Å². The first kappa shape index (κ1) is 18.1. The number of aromatic nitrogens is 1. The third kappa shape index (κ3) is 4.10. The van der Waals surface area contributed by atoms with Gasteiger partial charge in [-0.25, -0.2) is 4.98 Å². The van der Waals surface area contributed by atoms with Crippen LogP contribution in [0.3, 0.4) is 0 Å². The van der Waals surface area contributed by atoms with E-state index in [1.807, 2.05) is 10.4 Å². The fourth-order valence-corrected chi connectivity index (χ4v) is 4.11. The molecule has 0 bridgehead atoms. The van der Waals surface area contributed by atoms with Crippen molar-refractivity contribution in [1.29, 1.82) is 0 Å². The second-order valence-corrected chi connectivity index (χ2v) is 8.03. The summed E-state index contributed by atoms with van der Waals surface area (Å²) < 4.78 is 0. The number of thiazole rings is 1. The molecule has 0 aliphatic carbocycles. The van der Waals surface area contributed by atoms with Gasteiger partial charge >= 0.3 is 0 Å². The quantitative estimate of drug-likeness (QED) is 0.760. The van der Waals surface area contributed by atoms with E-state index in [1.54, 1.807) is 11.3 Å². The van der Waals surface area contributed by atoms with Crippen LogP contribution in [0.2, 0.25) is 0 Å². The molecule has 0 radical (unpaired) electrons. The van der Waals surface area contributed by atoms with Gasteiger partial charge in [0.1, 0.15) is 0 Å². The molecule has 1 aliphatic rings. The second-order valence-electron chi connectivity index (χ2n) is 7.09. The van der Waals surface area contributed by atoms with E-state index in [-0.39, 0.29) is 5.91 Å². The zero-order valence-corrected chi connectivity index (χ0v) is 16.4. The molecule has 0 unspecified atom stereocenters. The molecule has 3 rings (SSSR count). The van der Waals surface area contributed by atoms with Crippen LogP contribution in [0.4, 0.5) is 0 Å². The van der Waals surface area contributed by atoms with Gasteiger partial charge in [0.25, 0.3) is 5.91 Å². The molecular weight excluding hydrogens is 330 g/mol. The number of carbonyl (C=O) groups is 1. The SMILES string of the molecule is Cc1cc2c(cc1C)C(=O)N(CCCN(C)CCc1scnc1C)C2. The lowest BCUT2D eigenvalue weighted by atomic mass is 10.0. The lowest BCUT2D eigenvalue weighted by Crippen LogP contribution is -2.29. The Morgan fingerprint density at radius 2 is 1.96 bits per heavy atom. The molecule has 1 aromatic carbocycles. The molecule has 0 saturated carbocycles. The van der Waals surface area contributed by atoms with Crippen molar-refractivity contribution in [3.63, 3.8) is 0 Å². The topological polar surface area (TPSA) is 36.4 Å². The van der Waals surface area contributed by atoms with E-state index in [9.17, 15) is 4.79 Å². The summed E-state index contributed by atoms with van der Waals surface area (Å²) >= 11 is 1.74. The Morgan fingerprint density at radius 1 is 1.20 bits per heavy atom. The lowest BCUT2D eigenvalue weighted by molar-refractivity contribution is 0.0772. The number of amides is 1. The third-order valence-corrected chi connectivity index (χ3v) is 6.13. The van der Waals surface area contributed by atoms with Gasteiger partial charge in [0.15, 0.2) is 0 Å². The summed E-state index contributed by atoms with van der Waals surface area (Å²) in [5, 5.41) is 0. The smallest absolute Gasteiger partial charge is 0.254 e. The second kappa shape index (κ2) is 7.67.